The maximum Gasteiger partial charge on any atom is 0.0409 e. The van der Waals surface area contributed by atoms with Crippen LogP contribution in [0.25, 0.3) is 0 Å². The topological polar surface area (TPSA) is 38.9 Å². The van der Waals surface area contributed by atoms with Gasteiger partial charge in [0.2, 0.25) is 0 Å². The van der Waals surface area contributed by atoms with Crippen LogP contribution in [0.2, 0.25) is 0 Å². The molecule has 3 atom stereocenters. The van der Waals surface area contributed by atoms with Crippen molar-refractivity contribution in [3.63, 3.8) is 0 Å². The maximum atomic E-state index is 6.17. The summed E-state index contributed by atoms with van der Waals surface area (Å²) < 4.78 is 4.17. The van der Waals surface area contributed by atoms with Crippen LogP contribution in [0.15, 0.2) is 12.3 Å². The molecule has 14 heavy (non-hydrogen) atoms. The number of hydrogen-bond donors (Lipinski definition) is 1. The summed E-state index contributed by atoms with van der Waals surface area (Å²) in [6.07, 6.45) is 6.94. The molecule has 2 rings (SSSR count). The van der Waals surface area contributed by atoms with E-state index in [0.29, 0.717) is 12.0 Å². The SMILES string of the molecule is CCC1CCC(N)C(c2ccns2)C1. The minimum atomic E-state index is 0.359. The molecule has 1 aromatic heterocycles. The van der Waals surface area contributed by atoms with Crippen LogP contribution in [-0.4, -0.2) is 10.4 Å². The third kappa shape index (κ3) is 1.98. The lowest BCUT2D eigenvalue weighted by Crippen LogP contribution is -2.34. The van der Waals surface area contributed by atoms with Crippen LogP contribution in [0.4, 0.5) is 0 Å². The van der Waals surface area contributed by atoms with Crippen molar-refractivity contribution in [2.45, 2.75) is 44.6 Å². The molecule has 0 amide bonds. The second-order valence-electron chi connectivity index (χ2n) is 4.27. The average Bonchev–Trinajstić information content (AvgIpc) is 2.71. The quantitative estimate of drug-likeness (QED) is 0.815. The summed E-state index contributed by atoms with van der Waals surface area (Å²) >= 11 is 1.62. The summed E-state index contributed by atoms with van der Waals surface area (Å²) in [5, 5.41) is 0. The fraction of sp³-hybridized carbons (Fsp3) is 0.727. The number of nitrogens with zero attached hydrogens (tertiary/aromatic N) is 1. The molecule has 78 valence electrons. The highest BCUT2D eigenvalue weighted by Crippen LogP contribution is 2.37. The van der Waals surface area contributed by atoms with Crippen LogP contribution in [0.3, 0.4) is 0 Å². The molecule has 1 aliphatic carbocycles. The number of nitrogens with two attached hydrogens (primary N) is 1. The zero-order valence-corrected chi connectivity index (χ0v) is 9.46. The summed E-state index contributed by atoms with van der Waals surface area (Å²) in [7, 11) is 0. The first-order chi connectivity index (χ1) is 6.81. The second-order valence-corrected chi connectivity index (χ2v) is 5.14. The Labute approximate surface area is 89.7 Å². The van der Waals surface area contributed by atoms with Gasteiger partial charge in [0.05, 0.1) is 0 Å². The fourth-order valence-corrected chi connectivity index (χ4v) is 3.17. The van der Waals surface area contributed by atoms with E-state index in [9.17, 15) is 0 Å². The molecular formula is C11H18N2S. The van der Waals surface area contributed by atoms with Gasteiger partial charge in [-0.1, -0.05) is 13.3 Å². The van der Waals surface area contributed by atoms with Crippen molar-refractivity contribution in [1.29, 1.82) is 0 Å². The Bertz CT molecular complexity index is 271. The third-order valence-electron chi connectivity index (χ3n) is 3.41. The molecule has 1 aliphatic rings. The van der Waals surface area contributed by atoms with Gasteiger partial charge in [0.25, 0.3) is 0 Å². The summed E-state index contributed by atoms with van der Waals surface area (Å²) in [5.41, 5.74) is 6.17. The number of aromatic nitrogens is 1. The summed E-state index contributed by atoms with van der Waals surface area (Å²) in [6.45, 7) is 2.28. The molecular weight excluding hydrogens is 192 g/mol. The highest BCUT2D eigenvalue weighted by molar-refractivity contribution is 7.05. The van der Waals surface area contributed by atoms with Gasteiger partial charge in [-0.15, -0.1) is 0 Å². The molecule has 2 N–H and O–H groups in total. The van der Waals surface area contributed by atoms with Gasteiger partial charge in [0.1, 0.15) is 0 Å². The van der Waals surface area contributed by atoms with Crippen molar-refractivity contribution in [1.82, 2.24) is 4.37 Å². The van der Waals surface area contributed by atoms with E-state index in [0.717, 1.165) is 5.92 Å². The van der Waals surface area contributed by atoms with Crippen LogP contribution in [0.5, 0.6) is 0 Å². The Morgan fingerprint density at radius 1 is 1.57 bits per heavy atom. The predicted octanol–water partition coefficient (Wildman–Crippen LogP) is 2.76. The fourth-order valence-electron chi connectivity index (χ4n) is 2.40. The molecule has 1 fully saturated rings. The Morgan fingerprint density at radius 3 is 3.07 bits per heavy atom. The molecule has 0 radical (unpaired) electrons. The van der Waals surface area contributed by atoms with Gasteiger partial charge in [-0.05, 0) is 42.8 Å². The van der Waals surface area contributed by atoms with Crippen molar-refractivity contribution in [3.05, 3.63) is 17.1 Å². The molecule has 3 unspecified atom stereocenters. The second kappa shape index (κ2) is 4.41. The Hall–Kier alpha value is -0.410. The van der Waals surface area contributed by atoms with E-state index in [1.165, 1.54) is 30.6 Å². The van der Waals surface area contributed by atoms with Gasteiger partial charge in [-0.3, -0.25) is 0 Å². The standard InChI is InChI=1S/C11H18N2S/c1-2-8-3-4-10(12)9(7-8)11-5-6-13-14-11/h5-6,8-10H,2-4,7,12H2,1H3. The minimum Gasteiger partial charge on any atom is -0.327 e. The van der Waals surface area contributed by atoms with Gasteiger partial charge in [0.15, 0.2) is 0 Å². The molecule has 1 aromatic rings. The molecule has 2 nitrogen and oxygen atoms in total. The van der Waals surface area contributed by atoms with E-state index in [2.05, 4.69) is 17.4 Å². The molecule has 0 saturated heterocycles. The van der Waals surface area contributed by atoms with Gasteiger partial charge in [-0.2, -0.15) is 0 Å². The van der Waals surface area contributed by atoms with Gasteiger partial charge >= 0.3 is 0 Å². The number of hydrogen-bond acceptors (Lipinski definition) is 3. The molecule has 0 aliphatic heterocycles. The van der Waals surface area contributed by atoms with Crippen molar-refractivity contribution in [2.75, 3.05) is 0 Å². The van der Waals surface area contributed by atoms with E-state index in [1.54, 1.807) is 11.5 Å². The Balaban J connectivity index is 2.09. The highest BCUT2D eigenvalue weighted by Gasteiger charge is 2.29. The van der Waals surface area contributed by atoms with Gasteiger partial charge in [0, 0.05) is 23.0 Å². The van der Waals surface area contributed by atoms with Crippen LogP contribution in [-0.2, 0) is 0 Å². The monoisotopic (exact) mass is 210 g/mol. The van der Waals surface area contributed by atoms with E-state index in [1.807, 2.05) is 6.20 Å². The van der Waals surface area contributed by atoms with Gasteiger partial charge in [-0.25, -0.2) is 4.37 Å². The first-order valence-electron chi connectivity index (χ1n) is 5.47. The van der Waals surface area contributed by atoms with Crippen molar-refractivity contribution >= 4 is 11.5 Å². The van der Waals surface area contributed by atoms with Crippen LogP contribution in [0, 0.1) is 5.92 Å². The smallest absolute Gasteiger partial charge is 0.0409 e. The minimum absolute atomic E-state index is 0.359. The molecule has 3 heteroatoms. The largest absolute Gasteiger partial charge is 0.327 e. The van der Waals surface area contributed by atoms with E-state index >= 15 is 0 Å². The summed E-state index contributed by atoms with van der Waals surface area (Å²) in [4.78, 5) is 1.38. The average molecular weight is 210 g/mol. The summed E-state index contributed by atoms with van der Waals surface area (Å²) in [6, 6.07) is 2.49. The highest BCUT2D eigenvalue weighted by atomic mass is 32.1. The first-order valence-corrected chi connectivity index (χ1v) is 6.24. The predicted molar refractivity (Wildman–Crippen MR) is 60.5 cm³/mol. The number of rotatable bonds is 2. The Morgan fingerprint density at radius 2 is 2.43 bits per heavy atom. The third-order valence-corrected chi connectivity index (χ3v) is 4.29. The summed E-state index contributed by atoms with van der Waals surface area (Å²) in [5.74, 6) is 1.45. The van der Waals surface area contributed by atoms with Gasteiger partial charge < -0.3 is 5.73 Å². The van der Waals surface area contributed by atoms with Crippen LogP contribution >= 0.6 is 11.5 Å². The van der Waals surface area contributed by atoms with Crippen molar-refractivity contribution in [3.8, 4) is 0 Å². The molecule has 0 spiro atoms. The van der Waals surface area contributed by atoms with E-state index < -0.39 is 0 Å². The normalized spacial score (nSPS) is 33.1. The van der Waals surface area contributed by atoms with Crippen molar-refractivity contribution in [2.24, 2.45) is 11.7 Å². The van der Waals surface area contributed by atoms with E-state index in [-0.39, 0.29) is 0 Å². The Kier molecular flexibility index (Phi) is 3.19. The van der Waals surface area contributed by atoms with Crippen LogP contribution in [0.1, 0.15) is 43.4 Å². The zero-order chi connectivity index (χ0) is 9.97. The molecule has 1 saturated carbocycles. The van der Waals surface area contributed by atoms with E-state index in [4.69, 9.17) is 5.73 Å². The first kappa shape index (κ1) is 10.1. The lowest BCUT2D eigenvalue weighted by molar-refractivity contribution is 0.285. The maximum absolute atomic E-state index is 6.17. The lowest BCUT2D eigenvalue weighted by atomic mass is 9.77. The zero-order valence-electron chi connectivity index (χ0n) is 8.65. The van der Waals surface area contributed by atoms with Crippen molar-refractivity contribution < 1.29 is 0 Å². The molecule has 0 aromatic carbocycles. The molecule has 0 bridgehead atoms. The molecule has 1 heterocycles. The van der Waals surface area contributed by atoms with Crippen LogP contribution < -0.4 is 5.73 Å². The lowest BCUT2D eigenvalue weighted by Gasteiger charge is -2.32.